The number of benzene rings is 2. The minimum Gasteiger partial charge on any atom is -0.491 e. The third-order valence-electron chi connectivity index (χ3n) is 6.42. The Bertz CT molecular complexity index is 1500. The Labute approximate surface area is 219 Å². The molecule has 0 saturated heterocycles. The van der Waals surface area contributed by atoms with Gasteiger partial charge < -0.3 is 29.3 Å². The molecule has 10 nitrogen and oxygen atoms in total. The van der Waals surface area contributed by atoms with E-state index in [1.54, 1.807) is 44.2 Å². The number of aliphatic hydroxyl groups excluding tert-OH is 1. The number of rotatable bonds is 7. The van der Waals surface area contributed by atoms with Gasteiger partial charge in [0, 0.05) is 23.2 Å². The number of carboxylic acid groups (broad SMARTS) is 1. The van der Waals surface area contributed by atoms with Gasteiger partial charge in [0.2, 0.25) is 11.6 Å². The van der Waals surface area contributed by atoms with E-state index in [0.29, 0.717) is 16.9 Å². The van der Waals surface area contributed by atoms with Crippen LogP contribution in [0.3, 0.4) is 0 Å². The highest BCUT2D eigenvalue weighted by Gasteiger charge is 2.43. The SMILES string of the molecule is CC(C)(CN[C@@H]1COc2cc(-c3noc(-c4onc(-c5ccccc5)c4C(F)(F)F)n3)ccc2[C@@H]1O)C(=O)O. The minimum absolute atomic E-state index is 0.0277. The van der Waals surface area contributed by atoms with Crippen molar-refractivity contribution in [3.63, 3.8) is 0 Å². The van der Waals surface area contributed by atoms with Gasteiger partial charge in [0.25, 0.3) is 5.89 Å². The molecule has 0 fully saturated rings. The lowest BCUT2D eigenvalue weighted by Gasteiger charge is -2.33. The van der Waals surface area contributed by atoms with Gasteiger partial charge in [-0.15, -0.1) is 0 Å². The normalized spacial score (nSPS) is 17.5. The fraction of sp³-hybridized carbons (Fsp3) is 0.308. The molecule has 2 atom stereocenters. The van der Waals surface area contributed by atoms with Crippen LogP contribution in [0, 0.1) is 5.41 Å². The zero-order valence-electron chi connectivity index (χ0n) is 20.7. The number of ether oxygens (including phenoxy) is 1. The van der Waals surface area contributed by atoms with Crippen LogP contribution in [0.15, 0.2) is 57.6 Å². The van der Waals surface area contributed by atoms with Crippen molar-refractivity contribution in [1.29, 1.82) is 0 Å². The first-order valence-corrected chi connectivity index (χ1v) is 11.8. The highest BCUT2D eigenvalue weighted by Crippen LogP contribution is 2.43. The number of aliphatic hydroxyl groups is 1. The number of carboxylic acids is 1. The van der Waals surface area contributed by atoms with Gasteiger partial charge >= 0.3 is 12.1 Å². The van der Waals surface area contributed by atoms with Crippen molar-refractivity contribution < 1.29 is 42.0 Å². The number of fused-ring (bicyclic) bond motifs is 1. The molecule has 0 amide bonds. The lowest BCUT2D eigenvalue weighted by Crippen LogP contribution is -2.47. The highest BCUT2D eigenvalue weighted by atomic mass is 19.4. The van der Waals surface area contributed by atoms with Gasteiger partial charge in [0.05, 0.1) is 11.5 Å². The maximum Gasteiger partial charge on any atom is 0.422 e. The lowest BCUT2D eigenvalue weighted by molar-refractivity contribution is -0.146. The lowest BCUT2D eigenvalue weighted by atomic mass is 9.92. The average molecular weight is 544 g/mol. The molecule has 1 aliphatic rings. The number of aromatic nitrogens is 3. The summed E-state index contributed by atoms with van der Waals surface area (Å²) >= 11 is 0. The smallest absolute Gasteiger partial charge is 0.422 e. The number of carbonyl (C=O) groups is 1. The molecule has 2 aromatic carbocycles. The fourth-order valence-corrected chi connectivity index (χ4v) is 4.09. The van der Waals surface area contributed by atoms with Crippen molar-refractivity contribution in [3.05, 3.63) is 59.7 Å². The Morgan fingerprint density at radius 3 is 2.51 bits per heavy atom. The van der Waals surface area contributed by atoms with Crippen molar-refractivity contribution in [2.75, 3.05) is 13.2 Å². The van der Waals surface area contributed by atoms with E-state index in [1.165, 1.54) is 18.2 Å². The van der Waals surface area contributed by atoms with Crippen LogP contribution in [0.4, 0.5) is 13.2 Å². The summed E-state index contributed by atoms with van der Waals surface area (Å²) in [4.78, 5) is 15.4. The number of alkyl halides is 3. The van der Waals surface area contributed by atoms with Gasteiger partial charge in [-0.05, 0) is 19.9 Å². The molecule has 3 N–H and O–H groups in total. The average Bonchev–Trinajstić information content (AvgIpc) is 3.56. The summed E-state index contributed by atoms with van der Waals surface area (Å²) in [6.07, 6.45) is -5.80. The van der Waals surface area contributed by atoms with Gasteiger partial charge in [-0.1, -0.05) is 52.8 Å². The second kappa shape index (κ2) is 9.82. The zero-order valence-corrected chi connectivity index (χ0v) is 20.7. The van der Waals surface area contributed by atoms with Crippen LogP contribution in [0.5, 0.6) is 5.75 Å². The number of aliphatic carboxylic acids is 1. The van der Waals surface area contributed by atoms with E-state index >= 15 is 0 Å². The quantitative estimate of drug-likeness (QED) is 0.303. The van der Waals surface area contributed by atoms with Crippen molar-refractivity contribution in [2.24, 2.45) is 5.41 Å². The van der Waals surface area contributed by atoms with Crippen molar-refractivity contribution >= 4 is 5.97 Å². The van der Waals surface area contributed by atoms with Crippen LogP contribution in [0.1, 0.15) is 31.1 Å². The highest BCUT2D eigenvalue weighted by molar-refractivity contribution is 5.74. The van der Waals surface area contributed by atoms with E-state index in [0.717, 1.165) is 0 Å². The van der Waals surface area contributed by atoms with Crippen LogP contribution in [0.2, 0.25) is 0 Å². The largest absolute Gasteiger partial charge is 0.491 e. The van der Waals surface area contributed by atoms with E-state index < -0.39 is 52.6 Å². The van der Waals surface area contributed by atoms with Crippen LogP contribution >= 0.6 is 0 Å². The summed E-state index contributed by atoms with van der Waals surface area (Å²) in [7, 11) is 0. The summed E-state index contributed by atoms with van der Waals surface area (Å²) in [5, 5.41) is 30.5. The number of hydrogen-bond acceptors (Lipinski definition) is 9. The molecule has 0 bridgehead atoms. The minimum atomic E-state index is -4.81. The second-order valence-electron chi connectivity index (χ2n) is 9.71. The van der Waals surface area contributed by atoms with Crippen LogP contribution < -0.4 is 10.1 Å². The van der Waals surface area contributed by atoms with Crippen molar-refractivity contribution in [2.45, 2.75) is 32.2 Å². The number of nitrogens with zero attached hydrogens (tertiary/aromatic N) is 3. The third-order valence-corrected chi connectivity index (χ3v) is 6.42. The molecule has 2 aromatic heterocycles. The molecule has 39 heavy (non-hydrogen) atoms. The molecule has 3 heterocycles. The Balaban J connectivity index is 1.40. The molecule has 0 saturated carbocycles. The Hall–Kier alpha value is -4.23. The van der Waals surface area contributed by atoms with Crippen molar-refractivity contribution in [3.8, 4) is 40.0 Å². The molecule has 13 heteroatoms. The standard InChI is InChI=1S/C26H23F3N4O6/c1-25(2,24(35)36)12-30-16-11-37-17-10-14(8-9-15(17)20(16)34)22-31-23(39-33-22)21-18(26(27,28)29)19(32-38-21)13-6-4-3-5-7-13/h3-10,16,20,30,34H,11-12H2,1-2H3,(H,35,36)/t16-,20+/m1/s1. The molecule has 5 rings (SSSR count). The van der Waals surface area contributed by atoms with E-state index in [1.807, 2.05) is 0 Å². The maximum atomic E-state index is 14.0. The predicted molar refractivity (Wildman–Crippen MR) is 129 cm³/mol. The summed E-state index contributed by atoms with van der Waals surface area (Å²) in [6.45, 7) is 3.30. The van der Waals surface area contributed by atoms with Gasteiger partial charge in [-0.2, -0.15) is 18.2 Å². The van der Waals surface area contributed by atoms with E-state index in [-0.39, 0.29) is 24.5 Å². The molecular formula is C26H23F3N4O6. The van der Waals surface area contributed by atoms with E-state index in [2.05, 4.69) is 20.6 Å². The molecule has 0 spiro atoms. The Morgan fingerprint density at radius 2 is 1.82 bits per heavy atom. The van der Waals surface area contributed by atoms with Gasteiger partial charge in [-0.3, -0.25) is 4.79 Å². The summed E-state index contributed by atoms with van der Waals surface area (Å²) < 4.78 is 57.9. The molecular weight excluding hydrogens is 521 g/mol. The Kier molecular flexibility index (Phi) is 6.64. The second-order valence-corrected chi connectivity index (χ2v) is 9.71. The first-order valence-electron chi connectivity index (χ1n) is 11.8. The summed E-state index contributed by atoms with van der Waals surface area (Å²) in [6, 6.07) is 11.9. The van der Waals surface area contributed by atoms with Gasteiger partial charge in [0.1, 0.15) is 29.7 Å². The molecule has 0 aliphatic carbocycles. The topological polar surface area (TPSA) is 144 Å². The zero-order chi connectivity index (χ0) is 27.9. The van der Waals surface area contributed by atoms with Gasteiger partial charge in [0.15, 0.2) is 0 Å². The predicted octanol–water partition coefficient (Wildman–Crippen LogP) is 4.57. The first kappa shape index (κ1) is 26.4. The van der Waals surface area contributed by atoms with E-state index in [9.17, 15) is 28.2 Å². The molecule has 4 aromatic rings. The summed E-state index contributed by atoms with van der Waals surface area (Å²) in [5.41, 5.74) is -1.55. The third kappa shape index (κ3) is 5.10. The first-order chi connectivity index (χ1) is 18.5. The number of hydrogen-bond donors (Lipinski definition) is 3. The summed E-state index contributed by atoms with van der Waals surface area (Å²) in [5.74, 6) is -1.89. The van der Waals surface area contributed by atoms with Crippen LogP contribution in [0.25, 0.3) is 34.3 Å². The van der Waals surface area contributed by atoms with Gasteiger partial charge in [-0.25, -0.2) is 0 Å². The van der Waals surface area contributed by atoms with Crippen molar-refractivity contribution in [1.82, 2.24) is 20.6 Å². The molecule has 0 unspecified atom stereocenters. The van der Waals surface area contributed by atoms with Crippen LogP contribution in [-0.2, 0) is 11.0 Å². The Morgan fingerprint density at radius 1 is 1.08 bits per heavy atom. The van der Waals surface area contributed by atoms with E-state index in [4.69, 9.17) is 13.8 Å². The maximum absolute atomic E-state index is 14.0. The fourth-order valence-electron chi connectivity index (χ4n) is 4.09. The van der Waals surface area contributed by atoms with Crippen LogP contribution in [-0.4, -0.2) is 50.7 Å². The number of nitrogens with one attached hydrogen (secondary N) is 1. The molecule has 204 valence electrons. The molecule has 0 radical (unpaired) electrons. The molecule has 1 aliphatic heterocycles. The number of halogens is 3. The monoisotopic (exact) mass is 544 g/mol.